The summed E-state index contributed by atoms with van der Waals surface area (Å²) < 4.78 is 0. The van der Waals surface area contributed by atoms with Crippen molar-refractivity contribution >= 4 is 21.8 Å². The van der Waals surface area contributed by atoms with Gasteiger partial charge in [-0.05, 0) is 19.3 Å². The van der Waals surface area contributed by atoms with Crippen molar-refractivity contribution in [1.82, 2.24) is 5.32 Å². The number of nitrogens with one attached hydrogen (secondary N) is 1. The molecule has 0 radical (unpaired) electrons. The van der Waals surface area contributed by atoms with Crippen LogP contribution < -0.4 is 5.32 Å². The molecule has 13 heavy (non-hydrogen) atoms. The molecule has 0 aliphatic heterocycles. The van der Waals surface area contributed by atoms with Gasteiger partial charge < -0.3 is 5.32 Å². The maximum atomic E-state index is 11.2. The molecule has 1 saturated carbocycles. The highest BCUT2D eigenvalue weighted by atomic mass is 79.9. The highest BCUT2D eigenvalue weighted by molar-refractivity contribution is 9.10. The molecule has 1 aliphatic rings. The minimum Gasteiger partial charge on any atom is -0.355 e. The molecule has 76 valence electrons. The van der Waals surface area contributed by atoms with Crippen LogP contribution in [0.4, 0.5) is 0 Å². The van der Waals surface area contributed by atoms with Crippen LogP contribution in [0.25, 0.3) is 0 Å². The third-order valence-electron chi connectivity index (χ3n) is 2.69. The Morgan fingerprint density at radius 1 is 1.54 bits per heavy atom. The van der Waals surface area contributed by atoms with Gasteiger partial charge in [-0.1, -0.05) is 41.6 Å². The van der Waals surface area contributed by atoms with E-state index in [4.69, 9.17) is 0 Å². The smallest absolute Gasteiger partial charge is 0.233 e. The maximum Gasteiger partial charge on any atom is 0.233 e. The summed E-state index contributed by atoms with van der Waals surface area (Å²) >= 11 is 3.24. The number of halogens is 1. The number of carbonyl (C=O) groups is 1. The third kappa shape index (κ3) is 4.12. The van der Waals surface area contributed by atoms with Gasteiger partial charge in [0.25, 0.3) is 0 Å². The molecule has 0 saturated heterocycles. The van der Waals surface area contributed by atoms with Gasteiger partial charge in [-0.3, -0.25) is 4.79 Å². The summed E-state index contributed by atoms with van der Waals surface area (Å²) in [6.45, 7) is 2.70. The summed E-state index contributed by atoms with van der Waals surface area (Å²) in [7, 11) is 0. The Hall–Kier alpha value is -0.0500. The van der Waals surface area contributed by atoms with Crippen molar-refractivity contribution in [3.8, 4) is 0 Å². The lowest BCUT2D eigenvalue weighted by Gasteiger charge is -2.10. The first kappa shape index (κ1) is 11.0. The Kier molecular flexibility index (Phi) is 4.78. The number of alkyl halides is 1. The van der Waals surface area contributed by atoms with Crippen LogP contribution in [0.15, 0.2) is 0 Å². The Bertz CT molecular complexity index is 164. The Labute approximate surface area is 88.6 Å². The van der Waals surface area contributed by atoms with Gasteiger partial charge >= 0.3 is 0 Å². The summed E-state index contributed by atoms with van der Waals surface area (Å²) in [6, 6.07) is 0. The zero-order valence-electron chi connectivity index (χ0n) is 8.18. The largest absolute Gasteiger partial charge is 0.355 e. The monoisotopic (exact) mass is 247 g/mol. The topological polar surface area (TPSA) is 29.1 Å². The van der Waals surface area contributed by atoms with Gasteiger partial charge in [0.05, 0.1) is 4.83 Å². The number of rotatable bonds is 4. The normalized spacial score (nSPS) is 20.2. The lowest BCUT2D eigenvalue weighted by atomic mass is 10.0. The molecule has 1 rings (SSSR count). The van der Waals surface area contributed by atoms with Gasteiger partial charge in [-0.25, -0.2) is 0 Å². The molecular weight excluding hydrogens is 230 g/mol. The van der Waals surface area contributed by atoms with Gasteiger partial charge in [-0.2, -0.15) is 0 Å². The molecule has 1 amide bonds. The van der Waals surface area contributed by atoms with E-state index in [0.717, 1.165) is 18.9 Å². The summed E-state index contributed by atoms with van der Waals surface area (Å²) in [5.74, 6) is 0.976. The average Bonchev–Trinajstić information content (AvgIpc) is 2.56. The molecule has 1 fully saturated rings. The molecule has 0 aromatic heterocycles. The lowest BCUT2D eigenvalue weighted by Crippen LogP contribution is -2.30. The van der Waals surface area contributed by atoms with E-state index in [2.05, 4.69) is 21.2 Å². The zero-order chi connectivity index (χ0) is 9.68. The van der Waals surface area contributed by atoms with Crippen LogP contribution in [0.1, 0.15) is 39.0 Å². The molecule has 0 aromatic carbocycles. The summed E-state index contributed by atoms with van der Waals surface area (Å²) in [6.07, 6.45) is 6.64. The molecular formula is C10H18BrNO. The lowest BCUT2D eigenvalue weighted by molar-refractivity contribution is -0.120. The summed E-state index contributed by atoms with van der Waals surface area (Å²) in [5, 5.41) is 2.92. The predicted molar refractivity (Wildman–Crippen MR) is 58.0 cm³/mol. The third-order valence-corrected chi connectivity index (χ3v) is 3.10. The molecule has 1 N–H and O–H groups in total. The molecule has 0 aromatic rings. The highest BCUT2D eigenvalue weighted by Gasteiger charge is 2.15. The van der Waals surface area contributed by atoms with Crippen LogP contribution in [-0.2, 0) is 4.79 Å². The fourth-order valence-corrected chi connectivity index (χ4v) is 2.00. The summed E-state index contributed by atoms with van der Waals surface area (Å²) in [5.41, 5.74) is 0. The summed E-state index contributed by atoms with van der Waals surface area (Å²) in [4.78, 5) is 11.1. The number of hydrogen-bond acceptors (Lipinski definition) is 1. The first-order chi connectivity index (χ1) is 6.20. The van der Waals surface area contributed by atoms with Crippen molar-refractivity contribution in [2.45, 2.75) is 43.9 Å². The van der Waals surface area contributed by atoms with E-state index in [0.29, 0.717) is 0 Å². The first-order valence-corrected chi connectivity index (χ1v) is 6.03. The van der Waals surface area contributed by atoms with E-state index in [1.54, 1.807) is 0 Å². The molecule has 0 heterocycles. The van der Waals surface area contributed by atoms with Crippen LogP contribution in [0.2, 0.25) is 0 Å². The van der Waals surface area contributed by atoms with E-state index >= 15 is 0 Å². The molecule has 1 unspecified atom stereocenters. The molecule has 3 heteroatoms. The predicted octanol–water partition coefficient (Wildman–Crippen LogP) is 2.47. The Morgan fingerprint density at radius 2 is 2.15 bits per heavy atom. The number of amides is 1. The van der Waals surface area contributed by atoms with Crippen molar-refractivity contribution in [3.63, 3.8) is 0 Å². The van der Waals surface area contributed by atoms with Gasteiger partial charge in [-0.15, -0.1) is 0 Å². The van der Waals surface area contributed by atoms with E-state index in [1.807, 2.05) is 6.92 Å². The SMILES string of the molecule is CC(Br)C(=O)NCCC1CCCC1. The second-order valence-corrected chi connectivity index (χ2v) is 5.22. The Morgan fingerprint density at radius 3 is 2.69 bits per heavy atom. The highest BCUT2D eigenvalue weighted by Crippen LogP contribution is 2.26. The van der Waals surface area contributed by atoms with Crippen LogP contribution in [0.5, 0.6) is 0 Å². The molecule has 2 nitrogen and oxygen atoms in total. The van der Waals surface area contributed by atoms with Crippen LogP contribution in [0.3, 0.4) is 0 Å². The van der Waals surface area contributed by atoms with Crippen LogP contribution in [-0.4, -0.2) is 17.3 Å². The van der Waals surface area contributed by atoms with Crippen LogP contribution in [0, 0.1) is 5.92 Å². The minimum absolute atomic E-state index is 0.0592. The van der Waals surface area contributed by atoms with Gasteiger partial charge in [0, 0.05) is 6.54 Å². The van der Waals surface area contributed by atoms with Crippen molar-refractivity contribution < 1.29 is 4.79 Å². The minimum atomic E-state index is -0.0592. The van der Waals surface area contributed by atoms with Gasteiger partial charge in [0.1, 0.15) is 0 Å². The standard InChI is InChI=1S/C10H18BrNO/c1-8(11)10(13)12-7-6-9-4-2-3-5-9/h8-9H,2-7H2,1H3,(H,12,13). The fourth-order valence-electron chi connectivity index (χ4n) is 1.84. The van der Waals surface area contributed by atoms with Gasteiger partial charge in [0.15, 0.2) is 0 Å². The fraction of sp³-hybridized carbons (Fsp3) is 0.900. The molecule has 0 bridgehead atoms. The van der Waals surface area contributed by atoms with Crippen molar-refractivity contribution in [2.75, 3.05) is 6.54 Å². The van der Waals surface area contributed by atoms with Crippen LogP contribution >= 0.6 is 15.9 Å². The molecule has 1 atom stereocenters. The van der Waals surface area contributed by atoms with Crippen molar-refractivity contribution in [2.24, 2.45) is 5.92 Å². The second kappa shape index (κ2) is 5.63. The van der Waals surface area contributed by atoms with E-state index in [-0.39, 0.29) is 10.7 Å². The number of hydrogen-bond donors (Lipinski definition) is 1. The van der Waals surface area contributed by atoms with Crippen molar-refractivity contribution in [3.05, 3.63) is 0 Å². The second-order valence-electron chi connectivity index (χ2n) is 3.85. The van der Waals surface area contributed by atoms with Gasteiger partial charge in [0.2, 0.25) is 5.91 Å². The van der Waals surface area contributed by atoms with E-state index in [1.165, 1.54) is 25.7 Å². The zero-order valence-corrected chi connectivity index (χ0v) is 9.77. The average molecular weight is 248 g/mol. The molecule has 1 aliphatic carbocycles. The quantitative estimate of drug-likeness (QED) is 0.761. The van der Waals surface area contributed by atoms with E-state index in [9.17, 15) is 4.79 Å². The van der Waals surface area contributed by atoms with Crippen molar-refractivity contribution in [1.29, 1.82) is 0 Å². The molecule has 0 spiro atoms. The Balaban J connectivity index is 2.03. The number of carbonyl (C=O) groups excluding carboxylic acids is 1. The van der Waals surface area contributed by atoms with E-state index < -0.39 is 0 Å². The maximum absolute atomic E-state index is 11.2. The first-order valence-electron chi connectivity index (χ1n) is 5.12.